The Morgan fingerprint density at radius 2 is 1.71 bits per heavy atom. The van der Waals surface area contributed by atoms with Crippen molar-refractivity contribution < 1.29 is 9.53 Å². The summed E-state index contributed by atoms with van der Waals surface area (Å²) in [6.45, 7) is 9.26. The number of rotatable bonds is 7. The van der Waals surface area contributed by atoms with Crippen molar-refractivity contribution in [2.24, 2.45) is 0 Å². The number of carbonyl (C=O) groups is 1. The van der Waals surface area contributed by atoms with E-state index in [4.69, 9.17) is 4.74 Å². The number of ether oxygens (including phenoxy) is 1. The standard InChI is InChI=1S/C24H32N2O2/c1-24(2,3)19-12-14-20(15-13-19)28-18-8-11-23(27)25-21-9-4-5-10-22(21)26-16-6-7-17-26/h4-5,9-10,12-15H,6-8,11,16-18H2,1-3H3,(H,25,27). The van der Waals surface area contributed by atoms with Gasteiger partial charge in [0.05, 0.1) is 18.0 Å². The van der Waals surface area contributed by atoms with Crippen molar-refractivity contribution in [3.63, 3.8) is 0 Å². The Morgan fingerprint density at radius 3 is 2.39 bits per heavy atom. The van der Waals surface area contributed by atoms with Crippen LogP contribution in [0.2, 0.25) is 0 Å². The molecule has 1 saturated heterocycles. The van der Waals surface area contributed by atoms with Crippen LogP contribution >= 0.6 is 0 Å². The van der Waals surface area contributed by atoms with Crippen molar-refractivity contribution in [2.45, 2.75) is 51.9 Å². The molecular weight excluding hydrogens is 348 g/mol. The monoisotopic (exact) mass is 380 g/mol. The molecular formula is C24H32N2O2. The van der Waals surface area contributed by atoms with Crippen LogP contribution in [0, 0.1) is 0 Å². The molecule has 0 unspecified atom stereocenters. The van der Waals surface area contributed by atoms with Crippen LogP contribution in [-0.4, -0.2) is 25.6 Å². The minimum Gasteiger partial charge on any atom is -0.494 e. The zero-order valence-corrected chi connectivity index (χ0v) is 17.3. The average Bonchev–Trinajstić information content (AvgIpc) is 3.20. The van der Waals surface area contributed by atoms with Crippen LogP contribution in [-0.2, 0) is 10.2 Å². The van der Waals surface area contributed by atoms with Gasteiger partial charge in [-0.25, -0.2) is 0 Å². The highest BCUT2D eigenvalue weighted by Crippen LogP contribution is 2.29. The van der Waals surface area contributed by atoms with Crippen molar-refractivity contribution in [1.82, 2.24) is 0 Å². The number of nitrogens with one attached hydrogen (secondary N) is 1. The van der Waals surface area contributed by atoms with Crippen molar-refractivity contribution in [3.8, 4) is 5.75 Å². The van der Waals surface area contributed by atoms with E-state index in [1.165, 1.54) is 18.4 Å². The molecule has 0 radical (unpaired) electrons. The summed E-state index contributed by atoms with van der Waals surface area (Å²) >= 11 is 0. The van der Waals surface area contributed by atoms with E-state index in [0.717, 1.165) is 30.2 Å². The van der Waals surface area contributed by atoms with E-state index in [-0.39, 0.29) is 11.3 Å². The number of hydrogen-bond donors (Lipinski definition) is 1. The number of benzene rings is 2. The Kier molecular flexibility index (Phi) is 6.61. The van der Waals surface area contributed by atoms with Crippen molar-refractivity contribution in [3.05, 3.63) is 54.1 Å². The van der Waals surface area contributed by atoms with Crippen molar-refractivity contribution >= 4 is 17.3 Å². The smallest absolute Gasteiger partial charge is 0.224 e. The minimum atomic E-state index is 0.0401. The summed E-state index contributed by atoms with van der Waals surface area (Å²) in [7, 11) is 0. The largest absolute Gasteiger partial charge is 0.494 e. The minimum absolute atomic E-state index is 0.0401. The first kappa shape index (κ1) is 20.2. The lowest BCUT2D eigenvalue weighted by atomic mass is 9.87. The molecule has 3 rings (SSSR count). The van der Waals surface area contributed by atoms with Gasteiger partial charge in [-0.2, -0.15) is 0 Å². The molecule has 0 spiro atoms. The molecule has 1 amide bonds. The molecule has 0 bridgehead atoms. The maximum Gasteiger partial charge on any atom is 0.224 e. The van der Waals surface area contributed by atoms with E-state index >= 15 is 0 Å². The highest BCUT2D eigenvalue weighted by atomic mass is 16.5. The van der Waals surface area contributed by atoms with Gasteiger partial charge in [-0.1, -0.05) is 45.0 Å². The van der Waals surface area contributed by atoms with E-state index in [1.54, 1.807) is 0 Å². The number of nitrogens with zero attached hydrogens (tertiary/aromatic N) is 1. The fourth-order valence-corrected chi connectivity index (χ4v) is 3.50. The highest BCUT2D eigenvalue weighted by Gasteiger charge is 2.16. The molecule has 0 aromatic heterocycles. The molecule has 1 fully saturated rings. The van der Waals surface area contributed by atoms with Crippen LogP contribution in [0.4, 0.5) is 11.4 Å². The SMILES string of the molecule is CC(C)(C)c1ccc(OCCCC(=O)Nc2ccccc2N2CCCC2)cc1. The molecule has 0 aliphatic carbocycles. The Labute approximate surface area is 168 Å². The number of para-hydroxylation sites is 2. The van der Waals surface area contributed by atoms with E-state index in [9.17, 15) is 4.79 Å². The molecule has 28 heavy (non-hydrogen) atoms. The quantitative estimate of drug-likeness (QED) is 0.656. The van der Waals surface area contributed by atoms with Gasteiger partial charge < -0.3 is 15.0 Å². The van der Waals surface area contributed by atoms with Gasteiger partial charge in [0.15, 0.2) is 0 Å². The molecule has 4 heteroatoms. The predicted molar refractivity (Wildman–Crippen MR) is 116 cm³/mol. The normalized spacial score (nSPS) is 14.2. The van der Waals surface area contributed by atoms with Crippen LogP contribution in [0.3, 0.4) is 0 Å². The number of hydrogen-bond acceptors (Lipinski definition) is 3. The Morgan fingerprint density at radius 1 is 1.04 bits per heavy atom. The summed E-state index contributed by atoms with van der Waals surface area (Å²) in [6.07, 6.45) is 3.58. The molecule has 2 aromatic carbocycles. The molecule has 1 aliphatic rings. The topological polar surface area (TPSA) is 41.6 Å². The first-order chi connectivity index (χ1) is 13.4. The Balaban J connectivity index is 1.44. The van der Waals surface area contributed by atoms with E-state index in [2.05, 4.69) is 49.2 Å². The van der Waals surface area contributed by atoms with Crippen molar-refractivity contribution in [2.75, 3.05) is 29.9 Å². The van der Waals surface area contributed by atoms with Gasteiger partial charge in [0.25, 0.3) is 0 Å². The predicted octanol–water partition coefficient (Wildman–Crippen LogP) is 5.38. The van der Waals surface area contributed by atoms with Gasteiger partial charge in [-0.3, -0.25) is 4.79 Å². The molecule has 1 heterocycles. The second kappa shape index (κ2) is 9.13. The van der Waals surface area contributed by atoms with Crippen molar-refractivity contribution in [1.29, 1.82) is 0 Å². The third-order valence-electron chi connectivity index (χ3n) is 5.16. The maximum atomic E-state index is 12.4. The van der Waals surface area contributed by atoms with Crippen LogP contribution in [0.25, 0.3) is 0 Å². The molecule has 0 saturated carbocycles. The average molecular weight is 381 g/mol. The summed E-state index contributed by atoms with van der Waals surface area (Å²) in [6, 6.07) is 16.3. The van der Waals surface area contributed by atoms with Gasteiger partial charge in [-0.15, -0.1) is 0 Å². The summed E-state index contributed by atoms with van der Waals surface area (Å²) in [5.41, 5.74) is 3.47. The fourth-order valence-electron chi connectivity index (χ4n) is 3.50. The molecule has 1 N–H and O–H groups in total. The zero-order valence-electron chi connectivity index (χ0n) is 17.3. The number of amides is 1. The lowest BCUT2D eigenvalue weighted by molar-refractivity contribution is -0.116. The van der Waals surface area contributed by atoms with Gasteiger partial charge in [0.1, 0.15) is 5.75 Å². The number of anilines is 2. The van der Waals surface area contributed by atoms with Crippen LogP contribution in [0.1, 0.15) is 52.0 Å². The third-order valence-corrected chi connectivity index (χ3v) is 5.16. The Hall–Kier alpha value is -2.49. The van der Waals surface area contributed by atoms with E-state index in [0.29, 0.717) is 19.4 Å². The first-order valence-corrected chi connectivity index (χ1v) is 10.3. The lowest BCUT2D eigenvalue weighted by Crippen LogP contribution is -2.21. The van der Waals surface area contributed by atoms with Crippen LogP contribution in [0.5, 0.6) is 5.75 Å². The summed E-state index contributed by atoms with van der Waals surface area (Å²) in [5, 5.41) is 3.07. The van der Waals surface area contributed by atoms with Gasteiger partial charge >= 0.3 is 0 Å². The molecule has 1 aliphatic heterocycles. The summed E-state index contributed by atoms with van der Waals surface area (Å²) in [4.78, 5) is 14.7. The maximum absolute atomic E-state index is 12.4. The summed E-state index contributed by atoms with van der Waals surface area (Å²) < 4.78 is 5.79. The zero-order chi connectivity index (χ0) is 20.0. The fraction of sp³-hybridized carbons (Fsp3) is 0.458. The van der Waals surface area contributed by atoms with E-state index < -0.39 is 0 Å². The molecule has 150 valence electrons. The first-order valence-electron chi connectivity index (χ1n) is 10.3. The van der Waals surface area contributed by atoms with Gasteiger partial charge in [-0.05, 0) is 54.5 Å². The second-order valence-electron chi connectivity index (χ2n) is 8.49. The summed E-state index contributed by atoms with van der Waals surface area (Å²) in [5.74, 6) is 0.895. The van der Waals surface area contributed by atoms with E-state index in [1.807, 2.05) is 30.3 Å². The number of carbonyl (C=O) groups excluding carboxylic acids is 1. The highest BCUT2D eigenvalue weighted by molar-refractivity contribution is 5.94. The molecule has 2 aromatic rings. The second-order valence-corrected chi connectivity index (χ2v) is 8.49. The molecule has 0 atom stereocenters. The third kappa shape index (κ3) is 5.51. The van der Waals surface area contributed by atoms with Gasteiger partial charge in [0, 0.05) is 19.5 Å². The van der Waals surface area contributed by atoms with Gasteiger partial charge in [0.2, 0.25) is 5.91 Å². The molecule has 4 nitrogen and oxygen atoms in total. The lowest BCUT2D eigenvalue weighted by Gasteiger charge is -2.21. The Bertz CT molecular complexity index is 772. The van der Waals surface area contributed by atoms with Crippen LogP contribution in [0.15, 0.2) is 48.5 Å². The van der Waals surface area contributed by atoms with Crippen LogP contribution < -0.4 is 15.0 Å².